The number of thioether (sulfide) groups is 1. The van der Waals surface area contributed by atoms with E-state index in [4.69, 9.17) is 6.42 Å². The Morgan fingerprint density at radius 2 is 2.04 bits per heavy atom. The number of benzene rings is 1. The minimum atomic E-state index is -4.45. The predicted molar refractivity (Wildman–Crippen MR) is 105 cm³/mol. The molecule has 0 N–H and O–H groups in total. The number of rotatable bonds is 4. The van der Waals surface area contributed by atoms with Crippen molar-refractivity contribution in [3.8, 4) is 23.7 Å². The van der Waals surface area contributed by atoms with E-state index in [1.54, 1.807) is 23.4 Å². The van der Waals surface area contributed by atoms with Crippen LogP contribution in [-0.4, -0.2) is 20.3 Å². The molecule has 1 aliphatic rings. The Morgan fingerprint density at radius 3 is 2.64 bits per heavy atom. The minimum Gasteiger partial charge on any atom is -0.312 e. The first-order valence-corrected chi connectivity index (χ1v) is 9.93. The van der Waals surface area contributed by atoms with Gasteiger partial charge in [0, 0.05) is 23.7 Å². The van der Waals surface area contributed by atoms with Gasteiger partial charge in [-0.3, -0.25) is 0 Å². The maximum atomic E-state index is 13.0. The van der Waals surface area contributed by atoms with Crippen LogP contribution in [0.15, 0.2) is 35.4 Å². The molecule has 1 fully saturated rings. The fourth-order valence-electron chi connectivity index (χ4n) is 3.39. The van der Waals surface area contributed by atoms with Crippen LogP contribution < -0.4 is 0 Å². The van der Waals surface area contributed by atoms with Crippen molar-refractivity contribution < 1.29 is 13.2 Å². The highest BCUT2D eigenvalue weighted by atomic mass is 32.2. The Kier molecular flexibility index (Phi) is 4.42. The molecule has 144 valence electrons. The Morgan fingerprint density at radius 1 is 1.29 bits per heavy atom. The third-order valence-corrected chi connectivity index (χ3v) is 6.08. The van der Waals surface area contributed by atoms with Gasteiger partial charge in [-0.05, 0) is 42.4 Å². The molecule has 1 saturated carbocycles. The van der Waals surface area contributed by atoms with Crippen LogP contribution in [0.25, 0.3) is 22.6 Å². The Labute approximate surface area is 165 Å². The molecule has 0 radical (unpaired) electrons. The average molecular weight is 401 g/mol. The quantitative estimate of drug-likeness (QED) is 0.431. The minimum absolute atomic E-state index is 0.170. The molecule has 0 amide bonds. The number of alkyl halides is 3. The summed E-state index contributed by atoms with van der Waals surface area (Å²) in [4.78, 5) is 9.49. The molecule has 1 aromatic carbocycles. The standard InChI is InChI=1S/C21H18F3N3S/c1-4-20(8-9-20)13-6-7-15(17(11-13)28-5-2)18-26-16-10-14(21(22,23)24)12-25-19(16)27(18)3/h1,6-7,10-12H,5,8-9H2,2-3H3. The molecule has 0 aliphatic heterocycles. The number of pyridine rings is 1. The number of aryl methyl sites for hydroxylation is 1. The fraction of sp³-hybridized carbons (Fsp3) is 0.333. The summed E-state index contributed by atoms with van der Waals surface area (Å²) >= 11 is 1.67. The fourth-order valence-corrected chi connectivity index (χ4v) is 4.23. The van der Waals surface area contributed by atoms with Crippen molar-refractivity contribution >= 4 is 22.9 Å². The summed E-state index contributed by atoms with van der Waals surface area (Å²) < 4.78 is 40.8. The van der Waals surface area contributed by atoms with E-state index in [0.29, 0.717) is 11.5 Å². The highest BCUT2D eigenvalue weighted by Gasteiger charge is 2.42. The number of fused-ring (bicyclic) bond motifs is 1. The van der Waals surface area contributed by atoms with Crippen molar-refractivity contribution in [1.82, 2.24) is 14.5 Å². The molecule has 7 heteroatoms. The zero-order valence-electron chi connectivity index (χ0n) is 15.5. The lowest BCUT2D eigenvalue weighted by Crippen LogP contribution is -2.05. The van der Waals surface area contributed by atoms with Gasteiger partial charge in [-0.25, -0.2) is 9.97 Å². The Balaban J connectivity index is 1.85. The van der Waals surface area contributed by atoms with Crippen LogP contribution in [-0.2, 0) is 18.6 Å². The lowest BCUT2D eigenvalue weighted by molar-refractivity contribution is -0.137. The summed E-state index contributed by atoms with van der Waals surface area (Å²) in [6.45, 7) is 2.06. The Hall–Kier alpha value is -2.46. The van der Waals surface area contributed by atoms with Gasteiger partial charge in [-0.2, -0.15) is 13.2 Å². The lowest BCUT2D eigenvalue weighted by Gasteiger charge is -2.14. The highest BCUT2D eigenvalue weighted by molar-refractivity contribution is 7.99. The normalized spacial score (nSPS) is 15.6. The molecule has 2 aromatic heterocycles. The number of aromatic nitrogens is 3. The molecule has 1 aliphatic carbocycles. The highest BCUT2D eigenvalue weighted by Crippen LogP contribution is 2.49. The van der Waals surface area contributed by atoms with E-state index >= 15 is 0 Å². The van der Waals surface area contributed by atoms with Gasteiger partial charge < -0.3 is 4.57 Å². The van der Waals surface area contributed by atoms with Gasteiger partial charge >= 0.3 is 6.18 Å². The summed E-state index contributed by atoms with van der Waals surface area (Å²) in [6.07, 6.45) is 4.09. The number of imidazole rings is 1. The first kappa shape index (κ1) is 18.9. The molecule has 2 heterocycles. The second-order valence-corrected chi connectivity index (χ2v) is 8.24. The molecular formula is C21H18F3N3S. The van der Waals surface area contributed by atoms with Gasteiger partial charge in [-0.15, -0.1) is 18.2 Å². The predicted octanol–water partition coefficient (Wildman–Crippen LogP) is 5.43. The van der Waals surface area contributed by atoms with Gasteiger partial charge in [-0.1, -0.05) is 18.9 Å². The monoisotopic (exact) mass is 401 g/mol. The van der Waals surface area contributed by atoms with Crippen LogP contribution >= 0.6 is 11.8 Å². The third-order valence-electron chi connectivity index (χ3n) is 5.14. The third kappa shape index (κ3) is 3.06. The second kappa shape index (κ2) is 6.56. The summed E-state index contributed by atoms with van der Waals surface area (Å²) in [5.74, 6) is 4.36. The van der Waals surface area contributed by atoms with Crippen LogP contribution in [0, 0.1) is 12.3 Å². The summed E-state index contributed by atoms with van der Waals surface area (Å²) in [6, 6.07) is 7.13. The molecule has 0 spiro atoms. The number of terminal acetylenes is 1. The van der Waals surface area contributed by atoms with Crippen LogP contribution in [0.1, 0.15) is 30.9 Å². The van der Waals surface area contributed by atoms with Gasteiger partial charge in [0.25, 0.3) is 0 Å². The van der Waals surface area contributed by atoms with Crippen LogP contribution in [0.5, 0.6) is 0 Å². The largest absolute Gasteiger partial charge is 0.417 e. The van der Waals surface area contributed by atoms with Crippen molar-refractivity contribution in [3.63, 3.8) is 0 Å². The molecule has 28 heavy (non-hydrogen) atoms. The van der Waals surface area contributed by atoms with Crippen molar-refractivity contribution in [2.24, 2.45) is 7.05 Å². The molecule has 3 aromatic rings. The summed E-state index contributed by atoms with van der Waals surface area (Å²) in [5, 5.41) is 0. The molecule has 0 saturated heterocycles. The van der Waals surface area contributed by atoms with E-state index in [1.807, 2.05) is 12.1 Å². The molecule has 4 rings (SSSR count). The Bertz CT molecular complexity index is 1100. The van der Waals surface area contributed by atoms with E-state index < -0.39 is 11.7 Å². The van der Waals surface area contributed by atoms with E-state index in [-0.39, 0.29) is 10.9 Å². The van der Waals surface area contributed by atoms with Crippen LogP contribution in [0.2, 0.25) is 0 Å². The van der Waals surface area contributed by atoms with Crippen molar-refractivity contribution in [1.29, 1.82) is 0 Å². The van der Waals surface area contributed by atoms with E-state index in [2.05, 4.69) is 28.9 Å². The van der Waals surface area contributed by atoms with E-state index in [9.17, 15) is 13.2 Å². The number of halogens is 3. The van der Waals surface area contributed by atoms with Gasteiger partial charge in [0.2, 0.25) is 0 Å². The molecule has 0 bridgehead atoms. The average Bonchev–Trinajstić information content (AvgIpc) is 3.40. The van der Waals surface area contributed by atoms with E-state index in [0.717, 1.165) is 46.9 Å². The topological polar surface area (TPSA) is 30.7 Å². The second-order valence-electron chi connectivity index (χ2n) is 6.93. The summed E-state index contributed by atoms with van der Waals surface area (Å²) in [5.41, 5.74) is 1.67. The lowest BCUT2D eigenvalue weighted by atomic mass is 9.96. The smallest absolute Gasteiger partial charge is 0.312 e. The SMILES string of the molecule is C#CC1(c2ccc(-c3nc4cc(C(F)(F)F)cnc4n3C)c(SCC)c2)CC1. The summed E-state index contributed by atoms with van der Waals surface area (Å²) in [7, 11) is 1.77. The molecule has 0 atom stereocenters. The van der Waals surface area contributed by atoms with Crippen molar-refractivity contribution in [3.05, 3.63) is 41.6 Å². The number of nitrogens with zero attached hydrogens (tertiary/aromatic N) is 3. The van der Waals surface area contributed by atoms with Gasteiger partial charge in [0.15, 0.2) is 5.65 Å². The molecule has 0 unspecified atom stereocenters. The van der Waals surface area contributed by atoms with Crippen molar-refractivity contribution in [2.75, 3.05) is 5.75 Å². The van der Waals surface area contributed by atoms with Crippen molar-refractivity contribution in [2.45, 2.75) is 36.3 Å². The van der Waals surface area contributed by atoms with Crippen LogP contribution in [0.4, 0.5) is 13.2 Å². The maximum Gasteiger partial charge on any atom is 0.417 e. The van der Waals surface area contributed by atoms with Crippen LogP contribution in [0.3, 0.4) is 0 Å². The number of hydrogen-bond donors (Lipinski definition) is 0. The van der Waals surface area contributed by atoms with Gasteiger partial charge in [0.05, 0.1) is 11.0 Å². The first-order chi connectivity index (χ1) is 13.3. The molecular weight excluding hydrogens is 383 g/mol. The van der Waals surface area contributed by atoms with E-state index in [1.165, 1.54) is 0 Å². The zero-order valence-corrected chi connectivity index (χ0v) is 16.3. The van der Waals surface area contributed by atoms with Gasteiger partial charge in [0.1, 0.15) is 11.3 Å². The first-order valence-electron chi connectivity index (χ1n) is 8.94. The number of hydrogen-bond acceptors (Lipinski definition) is 3. The molecule has 3 nitrogen and oxygen atoms in total. The zero-order chi connectivity index (χ0) is 20.1. The maximum absolute atomic E-state index is 13.0.